The molecule has 18 valence electrons. The first-order valence-corrected chi connectivity index (χ1v) is 0.507. The predicted molar refractivity (Wildman–Crippen MR) is 19.6 cm³/mol. The second kappa shape index (κ2) is 17.1. The third-order valence-corrected chi connectivity index (χ3v) is 0. The Balaban J connectivity index is -0.00000000500. The first-order valence-electron chi connectivity index (χ1n) is 0.169. The third-order valence-electron chi connectivity index (χ3n) is 0. The maximum atomic E-state index is 6.47. The van der Waals surface area contributed by atoms with E-state index in [0.29, 0.717) is 0 Å². The van der Waals surface area contributed by atoms with Gasteiger partial charge in [-0.1, -0.05) is 0 Å². The Bertz CT molecular complexity index is 6.00. The van der Waals surface area contributed by atoms with Crippen LogP contribution < -0.4 is 0 Å². The van der Waals surface area contributed by atoms with E-state index < -0.39 is 0 Å². The van der Waals surface area contributed by atoms with Crippen LogP contribution in [0.2, 0.25) is 0 Å². The molecule has 0 saturated carbocycles. The van der Waals surface area contributed by atoms with Gasteiger partial charge in [-0.05, 0) is 0 Å². The van der Waals surface area contributed by atoms with E-state index in [0.717, 1.165) is 0 Å². The van der Waals surface area contributed by atoms with Gasteiger partial charge in [0.2, 0.25) is 0 Å². The molecule has 1 N–H and O–H groups in total. The Hall–Kier alpha value is 2.77. The molecule has 0 bridgehead atoms. The van der Waals surface area contributed by atoms with Gasteiger partial charge in [0.05, 0.1) is 11.9 Å². The number of hydrogen-bond donors (Lipinski definition) is 1. The van der Waals surface area contributed by atoms with Crippen LogP contribution in [0.25, 0.3) is 0 Å². The van der Waals surface area contributed by atoms with Crippen LogP contribution in [0, 0.1) is 0 Å². The van der Waals surface area contributed by atoms with Crippen molar-refractivity contribution in [2.45, 2.75) is 0 Å². The molecule has 0 atom stereocenters. The molecule has 0 amide bonds. The van der Waals surface area contributed by atoms with E-state index in [-0.39, 0.29) is 75.5 Å². The number of hydrogen-bond acceptors (Lipinski definition) is 1. The van der Waals surface area contributed by atoms with Gasteiger partial charge < -0.3 is 0 Å². The summed E-state index contributed by atoms with van der Waals surface area (Å²) in [6.07, 6.45) is 0. The maximum Gasteiger partial charge on any atom is 0.0579 e. The number of rotatable bonds is 0. The van der Waals surface area contributed by atoms with E-state index in [1.807, 2.05) is 0 Å². The van der Waals surface area contributed by atoms with Crippen molar-refractivity contribution in [1.82, 2.24) is 0 Å². The molecular formula is HCa2ClO. The van der Waals surface area contributed by atoms with E-state index in [4.69, 9.17) is 4.66 Å². The van der Waals surface area contributed by atoms with Gasteiger partial charge in [0.25, 0.3) is 0 Å². The fourth-order valence-corrected chi connectivity index (χ4v) is 0. The fourth-order valence-electron chi connectivity index (χ4n) is 0. The van der Waals surface area contributed by atoms with Crippen LogP contribution in [0.1, 0.15) is 0 Å². The zero-order chi connectivity index (χ0) is 2.00. The molecule has 4 heavy (non-hydrogen) atoms. The van der Waals surface area contributed by atoms with Crippen molar-refractivity contribution in [1.29, 1.82) is 0 Å². The van der Waals surface area contributed by atoms with Crippen LogP contribution in [0.5, 0.6) is 0 Å². The SMILES string of the molecule is OCl.[Ca].[Ca]. The van der Waals surface area contributed by atoms with E-state index in [1.54, 1.807) is 0 Å². The van der Waals surface area contributed by atoms with Crippen molar-refractivity contribution in [3.05, 3.63) is 0 Å². The van der Waals surface area contributed by atoms with E-state index in [1.165, 1.54) is 0 Å². The smallest absolute Gasteiger partial charge is 0.0579 e. The molecule has 0 aromatic carbocycles. The molecule has 0 unspecified atom stereocenters. The van der Waals surface area contributed by atoms with Gasteiger partial charge in [-0.25, -0.2) is 0 Å². The van der Waals surface area contributed by atoms with Gasteiger partial charge in [-0.15, -0.1) is 0 Å². The topological polar surface area (TPSA) is 20.2 Å². The Labute approximate surface area is 89.9 Å². The first-order chi connectivity index (χ1) is 1.00. The summed E-state index contributed by atoms with van der Waals surface area (Å²) in [6, 6.07) is 0. The van der Waals surface area contributed by atoms with Crippen molar-refractivity contribution in [3.8, 4) is 0 Å². The summed E-state index contributed by atoms with van der Waals surface area (Å²) in [4.78, 5) is 0. The molecule has 0 aliphatic carbocycles. The Morgan fingerprint density at radius 2 is 1.00 bits per heavy atom. The van der Waals surface area contributed by atoms with Crippen molar-refractivity contribution in [2.75, 3.05) is 0 Å². The minimum atomic E-state index is 0. The molecule has 0 aromatic rings. The summed E-state index contributed by atoms with van der Waals surface area (Å²) in [6.45, 7) is 0. The molecule has 0 saturated heterocycles. The predicted octanol–water partition coefficient (Wildman–Crippen LogP) is -0.629. The van der Waals surface area contributed by atoms with Gasteiger partial charge in [-0.2, -0.15) is 0 Å². The summed E-state index contributed by atoms with van der Waals surface area (Å²) in [5.74, 6) is 0. The third kappa shape index (κ3) is 8.84. The van der Waals surface area contributed by atoms with Crippen LogP contribution in [0.15, 0.2) is 0 Å². The van der Waals surface area contributed by atoms with Crippen molar-refractivity contribution in [2.24, 2.45) is 0 Å². The van der Waals surface area contributed by atoms with Gasteiger partial charge >= 0.3 is 0 Å². The van der Waals surface area contributed by atoms with Gasteiger partial charge in [0.1, 0.15) is 0 Å². The fraction of sp³-hybridized carbons (Fsp3) is 0. The molecule has 4 heteroatoms. The van der Waals surface area contributed by atoms with Crippen molar-refractivity contribution < 1.29 is 4.66 Å². The quantitative estimate of drug-likeness (QED) is 0.436. The Morgan fingerprint density at radius 1 is 1.00 bits per heavy atom. The molecule has 0 aliphatic rings. The second-order valence-corrected chi connectivity index (χ2v) is 0. The summed E-state index contributed by atoms with van der Waals surface area (Å²) in [5.41, 5.74) is 0. The van der Waals surface area contributed by atoms with Gasteiger partial charge in [0, 0.05) is 75.5 Å². The average Bonchev–Trinajstić information content (AvgIpc) is 1.00. The Kier molecular flexibility index (Phi) is 67.8. The van der Waals surface area contributed by atoms with E-state index >= 15 is 0 Å². The van der Waals surface area contributed by atoms with Crippen molar-refractivity contribution >= 4 is 87.3 Å². The molecule has 0 rings (SSSR count). The second-order valence-electron chi connectivity index (χ2n) is 0. The van der Waals surface area contributed by atoms with Gasteiger partial charge in [-0.3, -0.25) is 4.66 Å². The van der Waals surface area contributed by atoms with Crippen molar-refractivity contribution in [3.63, 3.8) is 0 Å². The van der Waals surface area contributed by atoms with E-state index in [2.05, 4.69) is 11.9 Å². The summed E-state index contributed by atoms with van der Waals surface area (Å²) < 4.78 is 6.47. The molecule has 0 aliphatic heterocycles. The van der Waals surface area contributed by atoms with Crippen LogP contribution in [-0.2, 0) is 0 Å². The molecule has 0 spiro atoms. The monoisotopic (exact) mass is 132 g/mol. The number of halogens is 1. The zero-order valence-electron chi connectivity index (χ0n) is 2.24. The largest absolute Gasteiger partial charge is 0.295 e. The normalized spacial score (nSPS) is 1.50. The summed E-state index contributed by atoms with van der Waals surface area (Å²) >= 11 is 3.64. The average molecular weight is 133 g/mol. The first kappa shape index (κ1) is 15.9. The molecule has 4 radical (unpaired) electrons. The van der Waals surface area contributed by atoms with Gasteiger partial charge in [0.15, 0.2) is 0 Å². The summed E-state index contributed by atoms with van der Waals surface area (Å²) in [5, 5.41) is 0. The minimum Gasteiger partial charge on any atom is -0.295 e. The van der Waals surface area contributed by atoms with Crippen LogP contribution in [0.4, 0.5) is 0 Å². The van der Waals surface area contributed by atoms with E-state index in [9.17, 15) is 0 Å². The molecule has 0 aromatic heterocycles. The van der Waals surface area contributed by atoms with Crippen LogP contribution >= 0.6 is 11.9 Å². The summed E-state index contributed by atoms with van der Waals surface area (Å²) in [7, 11) is 0. The molecule has 0 fully saturated rings. The maximum absolute atomic E-state index is 6.47. The van der Waals surface area contributed by atoms with Crippen LogP contribution in [-0.4, -0.2) is 80.1 Å². The van der Waals surface area contributed by atoms with Crippen LogP contribution in [0.3, 0.4) is 0 Å². The molecule has 0 heterocycles. The minimum absolute atomic E-state index is 0. The molecular weight excluding hydrogens is 132 g/mol. The molecule has 1 nitrogen and oxygen atoms in total. The standard InChI is InChI=1S/2Ca.ClHO/c;;1-2/h;;2H. The Morgan fingerprint density at radius 3 is 1.00 bits per heavy atom. The zero-order valence-corrected chi connectivity index (χ0v) is 7.41.